The predicted molar refractivity (Wildman–Crippen MR) is 146 cm³/mol. The summed E-state index contributed by atoms with van der Waals surface area (Å²) in [6, 6.07) is 16.8. The molecule has 0 N–H and O–H groups in total. The van der Waals surface area contributed by atoms with Crippen molar-refractivity contribution in [3.8, 4) is 0 Å². The number of carbonyl (C=O) groups excluding carboxylic acids is 2. The number of hydrogen-bond acceptors (Lipinski definition) is 3. The van der Waals surface area contributed by atoms with Crippen molar-refractivity contribution in [2.24, 2.45) is 5.92 Å². The first-order valence-corrected chi connectivity index (χ1v) is 13.6. The van der Waals surface area contributed by atoms with Crippen LogP contribution in [-0.4, -0.2) is 71.3 Å². The highest BCUT2D eigenvalue weighted by Crippen LogP contribution is 2.33. The van der Waals surface area contributed by atoms with Crippen molar-refractivity contribution >= 4 is 11.8 Å². The minimum atomic E-state index is 0.0402. The fourth-order valence-electron chi connectivity index (χ4n) is 5.88. The average molecular weight is 490 g/mol. The van der Waals surface area contributed by atoms with E-state index in [1.807, 2.05) is 4.90 Å². The molecule has 0 aliphatic carbocycles. The molecular formula is C31H43N3O2. The van der Waals surface area contributed by atoms with E-state index in [0.717, 1.165) is 39.0 Å². The van der Waals surface area contributed by atoms with Gasteiger partial charge in [-0.05, 0) is 69.7 Å². The number of piperazine rings is 1. The van der Waals surface area contributed by atoms with Crippen molar-refractivity contribution in [1.82, 2.24) is 14.7 Å². The minimum absolute atomic E-state index is 0.0402. The van der Waals surface area contributed by atoms with E-state index >= 15 is 0 Å². The maximum atomic E-state index is 13.5. The topological polar surface area (TPSA) is 43.9 Å². The van der Waals surface area contributed by atoms with Crippen molar-refractivity contribution in [2.45, 2.75) is 65.3 Å². The quantitative estimate of drug-likeness (QED) is 0.593. The summed E-state index contributed by atoms with van der Waals surface area (Å²) in [7, 11) is 0. The molecular weight excluding hydrogens is 446 g/mol. The van der Waals surface area contributed by atoms with Gasteiger partial charge < -0.3 is 9.80 Å². The molecule has 194 valence electrons. The van der Waals surface area contributed by atoms with E-state index in [4.69, 9.17) is 0 Å². The van der Waals surface area contributed by atoms with Crippen molar-refractivity contribution in [3.63, 3.8) is 0 Å². The molecule has 36 heavy (non-hydrogen) atoms. The first-order chi connectivity index (χ1) is 17.1. The van der Waals surface area contributed by atoms with E-state index in [1.54, 1.807) is 0 Å². The zero-order valence-electron chi connectivity index (χ0n) is 22.8. The summed E-state index contributed by atoms with van der Waals surface area (Å²) < 4.78 is 0. The lowest BCUT2D eigenvalue weighted by atomic mass is 9.83. The Morgan fingerprint density at radius 2 is 1.28 bits per heavy atom. The van der Waals surface area contributed by atoms with Crippen LogP contribution in [-0.2, 0) is 9.59 Å². The van der Waals surface area contributed by atoms with Gasteiger partial charge in [-0.25, -0.2) is 0 Å². The molecule has 5 nitrogen and oxygen atoms in total. The zero-order chi connectivity index (χ0) is 25.9. The van der Waals surface area contributed by atoms with Gasteiger partial charge in [0.1, 0.15) is 0 Å². The molecule has 2 saturated heterocycles. The Morgan fingerprint density at radius 3 is 1.75 bits per heavy atom. The Labute approximate surface area is 217 Å². The summed E-state index contributed by atoms with van der Waals surface area (Å²) in [6.07, 6.45) is 2.00. The monoisotopic (exact) mass is 489 g/mol. The molecule has 0 unspecified atom stereocenters. The number of amides is 2. The van der Waals surface area contributed by atoms with Gasteiger partial charge in [0.2, 0.25) is 11.8 Å². The second-order valence-electron chi connectivity index (χ2n) is 11.6. The molecule has 2 aromatic rings. The third-order valence-electron chi connectivity index (χ3n) is 8.24. The van der Waals surface area contributed by atoms with Gasteiger partial charge in [0.05, 0.1) is 0 Å². The molecule has 0 atom stereocenters. The van der Waals surface area contributed by atoms with E-state index in [2.05, 4.69) is 92.9 Å². The zero-order valence-corrected chi connectivity index (χ0v) is 22.8. The number of rotatable bonds is 5. The fourth-order valence-corrected chi connectivity index (χ4v) is 5.88. The first kappa shape index (κ1) is 26.4. The molecule has 4 rings (SSSR count). The van der Waals surface area contributed by atoms with Crippen LogP contribution in [0, 0.1) is 19.8 Å². The highest BCUT2D eigenvalue weighted by molar-refractivity contribution is 5.81. The second-order valence-corrected chi connectivity index (χ2v) is 11.6. The van der Waals surface area contributed by atoms with Crippen molar-refractivity contribution in [3.05, 3.63) is 70.8 Å². The van der Waals surface area contributed by atoms with Crippen LogP contribution in [0.1, 0.15) is 68.2 Å². The molecule has 0 spiro atoms. The van der Waals surface area contributed by atoms with Crippen LogP contribution in [0.5, 0.6) is 0 Å². The molecule has 0 saturated carbocycles. The van der Waals surface area contributed by atoms with E-state index in [1.165, 1.54) is 22.3 Å². The number of piperidine rings is 1. The Hall–Kier alpha value is -2.66. The highest BCUT2D eigenvalue weighted by Gasteiger charge is 2.34. The average Bonchev–Trinajstić information content (AvgIpc) is 2.87. The van der Waals surface area contributed by atoms with Gasteiger partial charge in [-0.15, -0.1) is 0 Å². The van der Waals surface area contributed by atoms with E-state index < -0.39 is 0 Å². The molecule has 2 aliphatic rings. The smallest absolute Gasteiger partial charge is 0.225 e. The van der Waals surface area contributed by atoms with E-state index in [0.29, 0.717) is 19.5 Å². The van der Waals surface area contributed by atoms with Crippen molar-refractivity contribution in [2.75, 3.05) is 39.3 Å². The SMILES string of the molecule is Cc1ccccc1C(CC(=O)N1CCC(C(=O)N2CCN(C(C)(C)C)CC2)CC1)c1ccccc1C. The predicted octanol–water partition coefficient (Wildman–Crippen LogP) is 5.01. The van der Waals surface area contributed by atoms with Crippen LogP contribution in [0.4, 0.5) is 0 Å². The third-order valence-corrected chi connectivity index (χ3v) is 8.24. The van der Waals surface area contributed by atoms with Crippen LogP contribution < -0.4 is 0 Å². The van der Waals surface area contributed by atoms with Crippen LogP contribution in [0.25, 0.3) is 0 Å². The fraction of sp³-hybridized carbons (Fsp3) is 0.548. The molecule has 2 heterocycles. The number of nitrogens with zero attached hydrogens (tertiary/aromatic N) is 3. The number of benzene rings is 2. The Morgan fingerprint density at radius 1 is 0.778 bits per heavy atom. The second kappa shape index (κ2) is 11.2. The van der Waals surface area contributed by atoms with Crippen LogP contribution in [0.2, 0.25) is 0 Å². The maximum Gasteiger partial charge on any atom is 0.225 e. The Balaban J connectivity index is 1.37. The van der Waals surface area contributed by atoms with Gasteiger partial charge in [-0.3, -0.25) is 14.5 Å². The summed E-state index contributed by atoms with van der Waals surface area (Å²) in [5, 5.41) is 0. The summed E-state index contributed by atoms with van der Waals surface area (Å²) in [5.41, 5.74) is 5.03. The number of likely N-dealkylation sites (tertiary alicyclic amines) is 1. The lowest BCUT2D eigenvalue weighted by Gasteiger charge is -2.43. The minimum Gasteiger partial charge on any atom is -0.343 e. The lowest BCUT2D eigenvalue weighted by Crippen LogP contribution is -2.56. The number of aryl methyl sites for hydroxylation is 2. The first-order valence-electron chi connectivity index (χ1n) is 13.6. The van der Waals surface area contributed by atoms with Gasteiger partial charge in [0.25, 0.3) is 0 Å². The van der Waals surface area contributed by atoms with Gasteiger partial charge >= 0.3 is 0 Å². The molecule has 0 bridgehead atoms. The maximum absolute atomic E-state index is 13.5. The summed E-state index contributed by atoms with van der Waals surface area (Å²) in [6.45, 7) is 15.8. The van der Waals surface area contributed by atoms with Crippen LogP contribution in [0.3, 0.4) is 0 Å². The summed E-state index contributed by atoms with van der Waals surface area (Å²) in [4.78, 5) is 33.2. The van der Waals surface area contributed by atoms with E-state index in [9.17, 15) is 9.59 Å². The third kappa shape index (κ3) is 6.00. The molecule has 2 fully saturated rings. The highest BCUT2D eigenvalue weighted by atomic mass is 16.2. The normalized spacial score (nSPS) is 18.1. The Bertz CT molecular complexity index is 1010. The van der Waals surface area contributed by atoms with Gasteiger partial charge in [-0.1, -0.05) is 48.5 Å². The molecule has 5 heteroatoms. The van der Waals surface area contributed by atoms with Gasteiger partial charge in [-0.2, -0.15) is 0 Å². The van der Waals surface area contributed by atoms with Crippen LogP contribution >= 0.6 is 0 Å². The summed E-state index contributed by atoms with van der Waals surface area (Å²) >= 11 is 0. The molecule has 2 aromatic carbocycles. The van der Waals surface area contributed by atoms with Crippen LogP contribution in [0.15, 0.2) is 48.5 Å². The lowest BCUT2D eigenvalue weighted by molar-refractivity contribution is -0.142. The number of hydrogen-bond donors (Lipinski definition) is 0. The standard InChI is InChI=1S/C31H43N3O2/c1-23-10-6-8-12-26(23)28(27-13-9-7-11-24(27)2)22-29(35)32-16-14-25(15-17-32)30(36)33-18-20-34(21-19-33)31(3,4)5/h6-13,25,28H,14-22H2,1-5H3. The molecule has 2 amide bonds. The van der Waals surface area contributed by atoms with Gasteiger partial charge in [0.15, 0.2) is 0 Å². The van der Waals surface area contributed by atoms with Gasteiger partial charge in [0, 0.05) is 63.1 Å². The molecule has 0 radical (unpaired) electrons. The molecule has 2 aliphatic heterocycles. The number of carbonyl (C=O) groups is 2. The van der Waals surface area contributed by atoms with Crippen molar-refractivity contribution < 1.29 is 9.59 Å². The summed E-state index contributed by atoms with van der Waals surface area (Å²) in [5.74, 6) is 0.557. The van der Waals surface area contributed by atoms with Crippen molar-refractivity contribution in [1.29, 1.82) is 0 Å². The Kier molecular flexibility index (Phi) is 8.19. The van der Waals surface area contributed by atoms with E-state index in [-0.39, 0.29) is 29.2 Å². The molecule has 0 aromatic heterocycles. The largest absolute Gasteiger partial charge is 0.343 e.